The van der Waals surface area contributed by atoms with Gasteiger partial charge in [0, 0.05) is 29.1 Å². The second kappa shape index (κ2) is 12.7. The van der Waals surface area contributed by atoms with E-state index in [0.29, 0.717) is 59.0 Å². The molecule has 0 saturated carbocycles. The Balaban J connectivity index is 1.41. The van der Waals surface area contributed by atoms with E-state index < -0.39 is 11.0 Å². The summed E-state index contributed by atoms with van der Waals surface area (Å²) in [5.41, 5.74) is 4.00. The van der Waals surface area contributed by atoms with Gasteiger partial charge in [0.1, 0.15) is 12.6 Å². The second-order valence-corrected chi connectivity index (χ2v) is 10.3. The van der Waals surface area contributed by atoms with Gasteiger partial charge in [-0.05, 0) is 61.4 Å². The zero-order valence-corrected chi connectivity index (χ0v) is 24.6. The third-order valence-corrected chi connectivity index (χ3v) is 7.29. The summed E-state index contributed by atoms with van der Waals surface area (Å²) in [6.07, 6.45) is 0. The number of allylic oxidation sites excluding steroid dienone is 1. The molecule has 0 spiro atoms. The topological polar surface area (TPSA) is 133 Å². The van der Waals surface area contributed by atoms with Crippen LogP contribution in [-0.2, 0) is 11.4 Å². The molecule has 6 rings (SSSR count). The van der Waals surface area contributed by atoms with Crippen molar-refractivity contribution in [2.45, 2.75) is 26.5 Å². The van der Waals surface area contributed by atoms with Crippen LogP contribution in [0.15, 0.2) is 114 Å². The monoisotopic (exact) mass is 602 g/mol. The summed E-state index contributed by atoms with van der Waals surface area (Å²) in [7, 11) is 0. The van der Waals surface area contributed by atoms with Crippen molar-refractivity contribution in [1.82, 2.24) is 14.8 Å². The van der Waals surface area contributed by atoms with Gasteiger partial charge in [-0.1, -0.05) is 54.6 Å². The largest absolute Gasteiger partial charge is 0.490 e. The second-order valence-electron chi connectivity index (χ2n) is 10.3. The number of hydrogen-bond donors (Lipinski definition) is 2. The molecule has 226 valence electrons. The van der Waals surface area contributed by atoms with Crippen molar-refractivity contribution in [3.8, 4) is 22.9 Å². The molecule has 2 N–H and O–H groups in total. The number of carbonyl (C=O) groups excluding carboxylic acids is 1. The van der Waals surface area contributed by atoms with Gasteiger partial charge in [-0.25, -0.2) is 4.68 Å². The van der Waals surface area contributed by atoms with Gasteiger partial charge in [0.05, 0.1) is 17.1 Å². The number of fused-ring (bicyclic) bond motifs is 1. The third kappa shape index (κ3) is 6.23. The molecule has 2 heterocycles. The van der Waals surface area contributed by atoms with Crippen molar-refractivity contribution in [1.29, 1.82) is 0 Å². The molecule has 1 aliphatic heterocycles. The first-order valence-electron chi connectivity index (χ1n) is 14.4. The van der Waals surface area contributed by atoms with Gasteiger partial charge in [-0.3, -0.25) is 14.9 Å². The molecule has 11 heteroatoms. The summed E-state index contributed by atoms with van der Waals surface area (Å²) in [6.45, 7) is 4.49. The van der Waals surface area contributed by atoms with Crippen LogP contribution >= 0.6 is 0 Å². The number of hydrogen-bond acceptors (Lipinski definition) is 8. The van der Waals surface area contributed by atoms with Gasteiger partial charge in [0.2, 0.25) is 5.95 Å². The van der Waals surface area contributed by atoms with E-state index in [4.69, 9.17) is 14.6 Å². The molecule has 5 aromatic rings. The van der Waals surface area contributed by atoms with Crippen LogP contribution in [0, 0.1) is 10.1 Å². The smallest absolute Gasteiger partial charge is 0.269 e. The third-order valence-electron chi connectivity index (χ3n) is 7.29. The summed E-state index contributed by atoms with van der Waals surface area (Å²) in [4.78, 5) is 29.3. The lowest BCUT2D eigenvalue weighted by Gasteiger charge is -2.29. The zero-order chi connectivity index (χ0) is 31.3. The molecule has 11 nitrogen and oxygen atoms in total. The minimum atomic E-state index is -0.688. The van der Waals surface area contributed by atoms with Gasteiger partial charge in [-0.2, -0.15) is 4.98 Å². The maximum absolute atomic E-state index is 13.9. The molecule has 0 bridgehead atoms. The Hall–Kier alpha value is -5.97. The number of non-ortho nitro benzene ring substituents is 1. The lowest BCUT2D eigenvalue weighted by Crippen LogP contribution is -2.31. The zero-order valence-electron chi connectivity index (χ0n) is 24.6. The molecule has 1 aliphatic rings. The first-order valence-corrected chi connectivity index (χ1v) is 14.4. The normalized spacial score (nSPS) is 13.9. The van der Waals surface area contributed by atoms with Crippen molar-refractivity contribution in [3.05, 3.63) is 136 Å². The van der Waals surface area contributed by atoms with Crippen LogP contribution in [0.1, 0.15) is 31.0 Å². The Bertz CT molecular complexity index is 1870. The Labute approximate surface area is 259 Å². The van der Waals surface area contributed by atoms with E-state index >= 15 is 0 Å². The molecule has 0 saturated heterocycles. The first-order chi connectivity index (χ1) is 21.9. The Morgan fingerprint density at radius 2 is 1.67 bits per heavy atom. The Morgan fingerprint density at radius 1 is 0.956 bits per heavy atom. The summed E-state index contributed by atoms with van der Waals surface area (Å²) < 4.78 is 13.8. The van der Waals surface area contributed by atoms with Crippen LogP contribution in [0.25, 0.3) is 11.4 Å². The highest BCUT2D eigenvalue weighted by molar-refractivity contribution is 6.06. The number of benzene rings is 4. The fourth-order valence-electron chi connectivity index (χ4n) is 5.15. The summed E-state index contributed by atoms with van der Waals surface area (Å²) >= 11 is 0. The van der Waals surface area contributed by atoms with Crippen LogP contribution in [0.4, 0.5) is 17.3 Å². The SMILES string of the molecule is CCOc1cc(C2C(C(=O)Nc3ccccc3)=C(C)Nc3nc(-c4ccc([N+](=O)[O-])cc4)nn32)ccc1OCc1ccccc1. The van der Waals surface area contributed by atoms with Crippen LogP contribution in [0.2, 0.25) is 0 Å². The van der Waals surface area contributed by atoms with E-state index in [1.807, 2.05) is 92.7 Å². The van der Waals surface area contributed by atoms with Crippen molar-refractivity contribution in [2.75, 3.05) is 17.2 Å². The number of anilines is 2. The number of amides is 1. The van der Waals surface area contributed by atoms with Gasteiger partial charge in [-0.15, -0.1) is 5.10 Å². The highest BCUT2D eigenvalue weighted by Crippen LogP contribution is 2.40. The predicted molar refractivity (Wildman–Crippen MR) is 170 cm³/mol. The predicted octanol–water partition coefficient (Wildman–Crippen LogP) is 6.76. The molecule has 1 aromatic heterocycles. The average Bonchev–Trinajstić information content (AvgIpc) is 3.48. The van der Waals surface area contributed by atoms with E-state index in [-0.39, 0.29) is 11.6 Å². The van der Waals surface area contributed by atoms with E-state index in [1.165, 1.54) is 12.1 Å². The number of nitrogens with zero attached hydrogens (tertiary/aromatic N) is 4. The number of nitrogens with one attached hydrogen (secondary N) is 2. The van der Waals surface area contributed by atoms with Crippen LogP contribution in [-0.4, -0.2) is 32.2 Å². The number of para-hydroxylation sites is 1. The minimum absolute atomic E-state index is 0.0332. The quantitative estimate of drug-likeness (QED) is 0.132. The van der Waals surface area contributed by atoms with E-state index in [2.05, 4.69) is 15.6 Å². The molecule has 0 radical (unpaired) electrons. The van der Waals surface area contributed by atoms with E-state index in [0.717, 1.165) is 11.1 Å². The molecule has 1 amide bonds. The molecule has 1 unspecified atom stereocenters. The highest BCUT2D eigenvalue weighted by Gasteiger charge is 2.35. The summed E-state index contributed by atoms with van der Waals surface area (Å²) in [5, 5.41) is 22.2. The van der Waals surface area contributed by atoms with Crippen LogP contribution in [0.3, 0.4) is 0 Å². The highest BCUT2D eigenvalue weighted by atomic mass is 16.6. The average molecular weight is 603 g/mol. The van der Waals surface area contributed by atoms with Crippen molar-refractivity contribution in [3.63, 3.8) is 0 Å². The number of aromatic nitrogens is 3. The van der Waals surface area contributed by atoms with Gasteiger partial charge in [0.15, 0.2) is 17.3 Å². The molecular weight excluding hydrogens is 572 g/mol. The summed E-state index contributed by atoms with van der Waals surface area (Å²) in [5.74, 6) is 1.56. The van der Waals surface area contributed by atoms with Crippen molar-refractivity contribution in [2.24, 2.45) is 0 Å². The van der Waals surface area contributed by atoms with E-state index in [1.54, 1.807) is 16.8 Å². The first kappa shape index (κ1) is 29.1. The van der Waals surface area contributed by atoms with Crippen molar-refractivity contribution < 1.29 is 19.2 Å². The molecule has 45 heavy (non-hydrogen) atoms. The Morgan fingerprint density at radius 3 is 2.36 bits per heavy atom. The maximum atomic E-state index is 13.9. The number of carbonyl (C=O) groups is 1. The Kier molecular flexibility index (Phi) is 8.23. The minimum Gasteiger partial charge on any atom is -0.490 e. The molecular formula is C34H30N6O5. The van der Waals surface area contributed by atoms with Crippen LogP contribution in [0.5, 0.6) is 11.5 Å². The molecule has 0 fully saturated rings. The maximum Gasteiger partial charge on any atom is 0.269 e. The van der Waals surface area contributed by atoms with Gasteiger partial charge in [0.25, 0.3) is 11.6 Å². The van der Waals surface area contributed by atoms with Gasteiger partial charge >= 0.3 is 0 Å². The number of rotatable bonds is 10. The number of ether oxygens (including phenoxy) is 2. The lowest BCUT2D eigenvalue weighted by atomic mass is 9.94. The van der Waals surface area contributed by atoms with Crippen LogP contribution < -0.4 is 20.1 Å². The summed E-state index contributed by atoms with van der Waals surface area (Å²) in [6, 6.07) is 30.0. The molecule has 0 aliphatic carbocycles. The van der Waals surface area contributed by atoms with Gasteiger partial charge < -0.3 is 20.1 Å². The number of nitro groups is 1. The van der Waals surface area contributed by atoms with Crippen molar-refractivity contribution >= 4 is 23.2 Å². The standard InChI is InChI=1S/C34H30N6O5/c1-3-44-29-20-25(16-19-28(29)45-21-23-10-6-4-7-11-23)31-30(33(41)36-26-12-8-5-9-13-26)22(2)35-34-37-32(38-39(31)34)24-14-17-27(18-15-24)40(42)43/h4-20,31H,3,21H2,1-2H3,(H,36,41)(H,35,37,38). The number of nitro benzene ring substituents is 1. The molecule has 1 atom stereocenters. The lowest BCUT2D eigenvalue weighted by molar-refractivity contribution is -0.384. The van der Waals surface area contributed by atoms with E-state index in [9.17, 15) is 14.9 Å². The fourth-order valence-corrected chi connectivity index (χ4v) is 5.15. The molecule has 4 aromatic carbocycles. The fraction of sp³-hybridized carbons (Fsp3) is 0.147.